The Hall–Kier alpha value is -2.86. The Balaban J connectivity index is 1.65. The molecule has 6 heteroatoms. The molecule has 2 N–H and O–H groups in total. The summed E-state index contributed by atoms with van der Waals surface area (Å²) in [6.07, 6.45) is 6.00. The number of furan rings is 1. The fraction of sp³-hybridized carbons (Fsp3) is 0.300. The first-order chi connectivity index (χ1) is 12.6. The van der Waals surface area contributed by atoms with Crippen molar-refractivity contribution in [2.75, 3.05) is 0 Å². The van der Waals surface area contributed by atoms with Crippen molar-refractivity contribution in [3.05, 3.63) is 42.3 Å². The van der Waals surface area contributed by atoms with Crippen LogP contribution in [0.2, 0.25) is 0 Å². The third kappa shape index (κ3) is 2.15. The minimum Gasteiger partial charge on any atom is -0.506 e. The van der Waals surface area contributed by atoms with Gasteiger partial charge in [-0.05, 0) is 56.0 Å². The number of phenolic OH excluding ortho intramolecular Hbond substituents is 1. The van der Waals surface area contributed by atoms with Gasteiger partial charge >= 0.3 is 0 Å². The van der Waals surface area contributed by atoms with Crippen molar-refractivity contribution in [1.82, 2.24) is 14.8 Å². The third-order valence-electron chi connectivity index (χ3n) is 5.45. The van der Waals surface area contributed by atoms with E-state index in [1.807, 2.05) is 35.9 Å². The van der Waals surface area contributed by atoms with Gasteiger partial charge in [-0.15, -0.1) is 10.2 Å². The first-order valence-electron chi connectivity index (χ1n) is 8.86. The fourth-order valence-electron chi connectivity index (χ4n) is 4.13. The van der Waals surface area contributed by atoms with Gasteiger partial charge in [0.2, 0.25) is 0 Å². The number of aromatic hydroxyl groups is 1. The van der Waals surface area contributed by atoms with Crippen LogP contribution < -0.4 is 0 Å². The van der Waals surface area contributed by atoms with E-state index in [2.05, 4.69) is 10.2 Å². The fourth-order valence-corrected chi connectivity index (χ4v) is 4.13. The van der Waals surface area contributed by atoms with E-state index >= 15 is 0 Å². The molecule has 1 aliphatic carbocycles. The predicted octanol–water partition coefficient (Wildman–Crippen LogP) is 3.94. The first kappa shape index (κ1) is 15.4. The highest BCUT2D eigenvalue weighted by molar-refractivity contribution is 5.94. The number of aliphatic hydroxyl groups excluding tert-OH is 1. The molecular formula is C20H19N3O3. The number of benzene rings is 1. The molecule has 1 aliphatic rings. The molecule has 1 fully saturated rings. The molecule has 3 heterocycles. The maximum atomic E-state index is 10.7. The molecule has 6 nitrogen and oxygen atoms in total. The number of phenols is 1. The standard InChI is InChI=1S/C20H19N3O3/c1-11-9-17-13(6-8-26-17)19(25)18(11)14-10-12-5-7-23(20(12)22-21-14)15-3-2-4-16(15)24/h5-10,15-16,24-25H,2-4H2,1H3/t15-,16-/m1/s1. The predicted molar refractivity (Wildman–Crippen MR) is 98.0 cm³/mol. The molecule has 1 saturated carbocycles. The Labute approximate surface area is 149 Å². The second-order valence-electron chi connectivity index (χ2n) is 7.05. The van der Waals surface area contributed by atoms with Crippen LogP contribution in [0.5, 0.6) is 5.75 Å². The van der Waals surface area contributed by atoms with Crippen LogP contribution >= 0.6 is 0 Å². The van der Waals surface area contributed by atoms with Crippen LogP contribution in [0.15, 0.2) is 41.1 Å². The van der Waals surface area contributed by atoms with Crippen molar-refractivity contribution in [1.29, 1.82) is 0 Å². The number of fused-ring (bicyclic) bond motifs is 2. The molecule has 0 amide bonds. The van der Waals surface area contributed by atoms with Gasteiger partial charge in [-0.2, -0.15) is 0 Å². The summed E-state index contributed by atoms with van der Waals surface area (Å²) in [4.78, 5) is 0. The van der Waals surface area contributed by atoms with E-state index in [0.29, 0.717) is 22.2 Å². The minimum atomic E-state index is -0.332. The van der Waals surface area contributed by atoms with Crippen molar-refractivity contribution < 1.29 is 14.6 Å². The molecule has 0 saturated heterocycles. The Morgan fingerprint density at radius 2 is 2.08 bits per heavy atom. The van der Waals surface area contributed by atoms with E-state index < -0.39 is 0 Å². The lowest BCUT2D eigenvalue weighted by Gasteiger charge is -2.17. The van der Waals surface area contributed by atoms with Crippen LogP contribution in [0.4, 0.5) is 0 Å². The molecule has 1 aromatic carbocycles. The summed E-state index contributed by atoms with van der Waals surface area (Å²) in [5, 5.41) is 31.3. The van der Waals surface area contributed by atoms with Crippen LogP contribution in [0.25, 0.3) is 33.3 Å². The van der Waals surface area contributed by atoms with Gasteiger partial charge in [-0.25, -0.2) is 0 Å². The van der Waals surface area contributed by atoms with Crippen molar-refractivity contribution >= 4 is 22.0 Å². The number of hydrogen-bond donors (Lipinski definition) is 2. The summed E-state index contributed by atoms with van der Waals surface area (Å²) >= 11 is 0. The zero-order valence-electron chi connectivity index (χ0n) is 14.4. The average Bonchev–Trinajstić information content (AvgIpc) is 3.33. The van der Waals surface area contributed by atoms with Crippen molar-refractivity contribution in [3.63, 3.8) is 0 Å². The topological polar surface area (TPSA) is 84.3 Å². The van der Waals surface area contributed by atoms with Crippen molar-refractivity contribution in [2.24, 2.45) is 0 Å². The van der Waals surface area contributed by atoms with E-state index in [0.717, 1.165) is 35.9 Å². The Morgan fingerprint density at radius 1 is 1.19 bits per heavy atom. The molecule has 4 aromatic rings. The van der Waals surface area contributed by atoms with E-state index in [9.17, 15) is 10.2 Å². The van der Waals surface area contributed by atoms with E-state index in [-0.39, 0.29) is 17.9 Å². The van der Waals surface area contributed by atoms with Crippen LogP contribution in [0, 0.1) is 6.92 Å². The summed E-state index contributed by atoms with van der Waals surface area (Å²) in [7, 11) is 0. The zero-order chi connectivity index (χ0) is 17.8. The summed E-state index contributed by atoms with van der Waals surface area (Å²) in [5.41, 5.74) is 3.59. The molecule has 26 heavy (non-hydrogen) atoms. The summed E-state index contributed by atoms with van der Waals surface area (Å²) in [5.74, 6) is 0.160. The first-order valence-corrected chi connectivity index (χ1v) is 8.86. The number of aliphatic hydroxyl groups is 1. The SMILES string of the molecule is Cc1cc2occc2c(O)c1-c1cc2ccn([C@@H]3CCC[C@H]3O)c2nn1. The largest absolute Gasteiger partial charge is 0.506 e. The molecule has 2 atom stereocenters. The normalized spacial score (nSPS) is 20.4. The third-order valence-corrected chi connectivity index (χ3v) is 5.45. The van der Waals surface area contributed by atoms with Crippen LogP contribution in [0.3, 0.4) is 0 Å². The van der Waals surface area contributed by atoms with Gasteiger partial charge in [-0.1, -0.05) is 0 Å². The van der Waals surface area contributed by atoms with Gasteiger partial charge in [0, 0.05) is 17.1 Å². The molecule has 0 unspecified atom stereocenters. The van der Waals surface area contributed by atoms with Gasteiger partial charge in [0.15, 0.2) is 5.65 Å². The second kappa shape index (κ2) is 5.57. The summed E-state index contributed by atoms with van der Waals surface area (Å²) in [6, 6.07) is 7.63. The van der Waals surface area contributed by atoms with Gasteiger partial charge in [0.25, 0.3) is 0 Å². The maximum Gasteiger partial charge on any atom is 0.162 e. The van der Waals surface area contributed by atoms with Crippen molar-refractivity contribution in [2.45, 2.75) is 38.3 Å². The number of rotatable bonds is 2. The highest BCUT2D eigenvalue weighted by Crippen LogP contribution is 2.39. The molecule has 0 bridgehead atoms. The molecule has 3 aromatic heterocycles. The number of aryl methyl sites for hydroxylation is 1. The van der Waals surface area contributed by atoms with Crippen LogP contribution in [0.1, 0.15) is 30.9 Å². The van der Waals surface area contributed by atoms with Gasteiger partial charge in [0.05, 0.1) is 29.5 Å². The molecule has 0 aliphatic heterocycles. The Bertz CT molecular complexity index is 1130. The lowest BCUT2D eigenvalue weighted by atomic mass is 10.0. The highest BCUT2D eigenvalue weighted by Gasteiger charge is 2.28. The minimum absolute atomic E-state index is 0.0602. The molecule has 0 radical (unpaired) electrons. The lowest BCUT2D eigenvalue weighted by molar-refractivity contribution is 0.138. The zero-order valence-corrected chi connectivity index (χ0v) is 14.4. The quantitative estimate of drug-likeness (QED) is 0.572. The number of hydrogen-bond acceptors (Lipinski definition) is 5. The van der Waals surface area contributed by atoms with E-state index in [4.69, 9.17) is 4.42 Å². The monoisotopic (exact) mass is 349 g/mol. The maximum absolute atomic E-state index is 10.7. The summed E-state index contributed by atoms with van der Waals surface area (Å²) in [6.45, 7) is 1.92. The molecule has 5 rings (SSSR count). The molecule has 132 valence electrons. The summed E-state index contributed by atoms with van der Waals surface area (Å²) < 4.78 is 7.41. The van der Waals surface area contributed by atoms with Crippen LogP contribution in [-0.2, 0) is 0 Å². The van der Waals surface area contributed by atoms with E-state index in [1.165, 1.54) is 0 Å². The Morgan fingerprint density at radius 3 is 2.88 bits per heavy atom. The second-order valence-corrected chi connectivity index (χ2v) is 7.05. The van der Waals surface area contributed by atoms with Crippen molar-refractivity contribution in [3.8, 4) is 17.0 Å². The van der Waals surface area contributed by atoms with Gasteiger partial charge < -0.3 is 19.2 Å². The smallest absolute Gasteiger partial charge is 0.162 e. The lowest BCUT2D eigenvalue weighted by Crippen LogP contribution is -2.17. The molecular weight excluding hydrogens is 330 g/mol. The Kier molecular flexibility index (Phi) is 3.30. The van der Waals surface area contributed by atoms with Gasteiger partial charge in [-0.3, -0.25) is 0 Å². The van der Waals surface area contributed by atoms with Crippen LogP contribution in [-0.4, -0.2) is 31.1 Å². The number of nitrogens with zero attached hydrogens (tertiary/aromatic N) is 3. The highest BCUT2D eigenvalue weighted by atomic mass is 16.3. The van der Waals surface area contributed by atoms with Gasteiger partial charge in [0.1, 0.15) is 11.3 Å². The number of aromatic nitrogens is 3. The molecule has 0 spiro atoms. The average molecular weight is 349 g/mol. The van der Waals surface area contributed by atoms with E-state index in [1.54, 1.807) is 12.3 Å².